The summed E-state index contributed by atoms with van der Waals surface area (Å²) >= 11 is 0. The number of hydrogen-bond acceptors (Lipinski definition) is 5. The summed E-state index contributed by atoms with van der Waals surface area (Å²) in [4.78, 5) is 31.7. The van der Waals surface area contributed by atoms with Crippen molar-refractivity contribution in [2.75, 3.05) is 6.61 Å². The van der Waals surface area contributed by atoms with Gasteiger partial charge in [0.2, 0.25) is 5.78 Å². The number of ether oxygens (including phenoxy) is 1. The number of carbonyl (C=O) groups is 2. The van der Waals surface area contributed by atoms with Gasteiger partial charge in [-0.15, -0.1) is 0 Å². The van der Waals surface area contributed by atoms with Crippen molar-refractivity contribution in [3.8, 4) is 0 Å². The van der Waals surface area contributed by atoms with Gasteiger partial charge in [0.15, 0.2) is 12.3 Å². The summed E-state index contributed by atoms with van der Waals surface area (Å²) in [5, 5.41) is 0. The Labute approximate surface area is 128 Å². The van der Waals surface area contributed by atoms with Crippen molar-refractivity contribution in [2.24, 2.45) is 0 Å². The van der Waals surface area contributed by atoms with Crippen LogP contribution in [0.25, 0.3) is 0 Å². The third-order valence-electron chi connectivity index (χ3n) is 3.80. The zero-order valence-electron chi connectivity index (χ0n) is 12.6. The summed E-state index contributed by atoms with van der Waals surface area (Å²) in [6.07, 6.45) is 6.50. The van der Waals surface area contributed by atoms with E-state index in [-0.39, 0.29) is 18.1 Å². The molecule has 0 radical (unpaired) electrons. The predicted molar refractivity (Wildman–Crippen MR) is 78.8 cm³/mol. The molecule has 0 bridgehead atoms. The number of aromatic nitrogens is 3. The fourth-order valence-corrected chi connectivity index (χ4v) is 2.64. The van der Waals surface area contributed by atoms with Gasteiger partial charge in [-0.05, 0) is 32.8 Å². The molecule has 1 saturated carbocycles. The molecule has 0 aliphatic heterocycles. The van der Waals surface area contributed by atoms with Gasteiger partial charge < -0.3 is 9.30 Å². The van der Waals surface area contributed by atoms with Gasteiger partial charge in [0.05, 0.1) is 6.20 Å². The minimum Gasteiger partial charge on any atom is -0.453 e. The van der Waals surface area contributed by atoms with Crippen molar-refractivity contribution < 1.29 is 14.3 Å². The SMILES string of the molecule is Cc1cc(C(=O)COC(=O)c2cnccn2)c(C)n1C1CC1. The molecule has 114 valence electrons. The quantitative estimate of drug-likeness (QED) is 0.625. The minimum atomic E-state index is -0.641. The third-order valence-corrected chi connectivity index (χ3v) is 3.80. The molecule has 2 aromatic heterocycles. The molecule has 0 N–H and O–H groups in total. The van der Waals surface area contributed by atoms with Gasteiger partial charge in [0, 0.05) is 35.4 Å². The Morgan fingerprint density at radius 3 is 2.73 bits per heavy atom. The molecule has 2 aromatic rings. The topological polar surface area (TPSA) is 74.1 Å². The van der Waals surface area contributed by atoms with Crippen LogP contribution >= 0.6 is 0 Å². The number of rotatable bonds is 5. The van der Waals surface area contributed by atoms with E-state index in [0.29, 0.717) is 11.6 Å². The Morgan fingerprint density at radius 2 is 2.09 bits per heavy atom. The smallest absolute Gasteiger partial charge is 0.358 e. The van der Waals surface area contributed by atoms with Crippen LogP contribution in [0.3, 0.4) is 0 Å². The predicted octanol–water partition coefficient (Wildman–Crippen LogP) is 2.27. The Morgan fingerprint density at radius 1 is 1.32 bits per heavy atom. The maximum absolute atomic E-state index is 12.3. The summed E-state index contributed by atoms with van der Waals surface area (Å²) in [5.41, 5.74) is 2.74. The summed E-state index contributed by atoms with van der Waals surface area (Å²) in [6, 6.07) is 2.38. The number of Topliss-reactive ketones (excluding diaryl/α,β-unsaturated/α-hetero) is 1. The molecule has 1 fully saturated rings. The van der Waals surface area contributed by atoms with Crippen molar-refractivity contribution >= 4 is 11.8 Å². The summed E-state index contributed by atoms with van der Waals surface area (Å²) in [6.45, 7) is 3.64. The van der Waals surface area contributed by atoms with Gasteiger partial charge >= 0.3 is 5.97 Å². The van der Waals surface area contributed by atoms with Crippen LogP contribution in [0.2, 0.25) is 0 Å². The Balaban J connectivity index is 1.68. The van der Waals surface area contributed by atoms with Gasteiger partial charge in [-0.1, -0.05) is 0 Å². The van der Waals surface area contributed by atoms with E-state index in [2.05, 4.69) is 14.5 Å². The molecule has 0 unspecified atom stereocenters. The molecule has 2 heterocycles. The molecule has 0 aromatic carbocycles. The van der Waals surface area contributed by atoms with Crippen LogP contribution in [-0.4, -0.2) is 32.9 Å². The largest absolute Gasteiger partial charge is 0.453 e. The first-order valence-corrected chi connectivity index (χ1v) is 7.22. The number of hydrogen-bond donors (Lipinski definition) is 0. The normalized spacial score (nSPS) is 13.9. The Bertz CT molecular complexity index is 718. The summed E-state index contributed by atoms with van der Waals surface area (Å²) < 4.78 is 7.22. The second-order valence-corrected chi connectivity index (χ2v) is 5.48. The highest BCUT2D eigenvalue weighted by Gasteiger charge is 2.28. The maximum atomic E-state index is 12.3. The average Bonchev–Trinajstić information content (AvgIpc) is 3.31. The molecule has 0 atom stereocenters. The average molecular weight is 299 g/mol. The van der Waals surface area contributed by atoms with E-state index >= 15 is 0 Å². The number of carbonyl (C=O) groups excluding carboxylic acids is 2. The van der Waals surface area contributed by atoms with Gasteiger partial charge in [-0.25, -0.2) is 9.78 Å². The molecule has 6 nitrogen and oxygen atoms in total. The van der Waals surface area contributed by atoms with E-state index in [9.17, 15) is 9.59 Å². The van der Waals surface area contributed by atoms with Crippen molar-refractivity contribution in [2.45, 2.75) is 32.7 Å². The van der Waals surface area contributed by atoms with E-state index in [1.165, 1.54) is 18.6 Å². The van der Waals surface area contributed by atoms with Crippen LogP contribution in [0.1, 0.15) is 51.1 Å². The highest BCUT2D eigenvalue weighted by molar-refractivity contribution is 6.00. The second-order valence-electron chi connectivity index (χ2n) is 5.48. The van der Waals surface area contributed by atoms with Gasteiger partial charge in [-0.3, -0.25) is 9.78 Å². The lowest BCUT2D eigenvalue weighted by molar-refractivity contribution is 0.0468. The number of nitrogens with zero attached hydrogens (tertiary/aromatic N) is 3. The highest BCUT2D eigenvalue weighted by Crippen LogP contribution is 2.38. The van der Waals surface area contributed by atoms with Crippen LogP contribution in [0.15, 0.2) is 24.7 Å². The number of ketones is 1. The fourth-order valence-electron chi connectivity index (χ4n) is 2.64. The van der Waals surface area contributed by atoms with E-state index < -0.39 is 5.97 Å². The first-order chi connectivity index (χ1) is 10.6. The lowest BCUT2D eigenvalue weighted by Gasteiger charge is -2.07. The molecule has 0 amide bonds. The standard InChI is InChI=1S/C16H17N3O3/c1-10-7-13(11(2)19(10)12-3-4-12)15(20)9-22-16(21)14-8-17-5-6-18-14/h5-8,12H,3-4,9H2,1-2H3. The minimum absolute atomic E-state index is 0.0961. The molecule has 3 rings (SSSR count). The lowest BCUT2D eigenvalue weighted by Crippen LogP contribution is -2.16. The van der Waals surface area contributed by atoms with Crippen molar-refractivity contribution in [1.29, 1.82) is 0 Å². The zero-order chi connectivity index (χ0) is 15.7. The monoisotopic (exact) mass is 299 g/mol. The molecule has 22 heavy (non-hydrogen) atoms. The van der Waals surface area contributed by atoms with Gasteiger partial charge in [0.1, 0.15) is 0 Å². The zero-order valence-corrected chi connectivity index (χ0v) is 12.6. The first kappa shape index (κ1) is 14.4. The lowest BCUT2D eigenvalue weighted by atomic mass is 10.1. The molecule has 6 heteroatoms. The maximum Gasteiger partial charge on any atom is 0.358 e. The fraction of sp³-hybridized carbons (Fsp3) is 0.375. The number of esters is 1. The van der Waals surface area contributed by atoms with Crippen LogP contribution in [0, 0.1) is 13.8 Å². The second kappa shape index (κ2) is 5.71. The van der Waals surface area contributed by atoms with Crippen molar-refractivity contribution in [3.05, 3.63) is 47.3 Å². The van der Waals surface area contributed by atoms with Crippen molar-refractivity contribution in [3.63, 3.8) is 0 Å². The van der Waals surface area contributed by atoms with Crippen LogP contribution in [0.5, 0.6) is 0 Å². The third kappa shape index (κ3) is 2.77. The van der Waals surface area contributed by atoms with E-state index in [1.54, 1.807) is 0 Å². The Hall–Kier alpha value is -2.50. The number of aryl methyl sites for hydroxylation is 1. The van der Waals surface area contributed by atoms with E-state index in [1.807, 2.05) is 19.9 Å². The first-order valence-electron chi connectivity index (χ1n) is 7.22. The Kier molecular flexibility index (Phi) is 3.75. The van der Waals surface area contributed by atoms with E-state index in [4.69, 9.17) is 4.74 Å². The molecule has 1 aliphatic carbocycles. The van der Waals surface area contributed by atoms with Gasteiger partial charge in [-0.2, -0.15) is 0 Å². The van der Waals surface area contributed by atoms with Crippen LogP contribution < -0.4 is 0 Å². The van der Waals surface area contributed by atoms with E-state index in [0.717, 1.165) is 24.2 Å². The molecule has 0 spiro atoms. The van der Waals surface area contributed by atoms with Crippen LogP contribution in [-0.2, 0) is 4.74 Å². The highest BCUT2D eigenvalue weighted by atomic mass is 16.5. The van der Waals surface area contributed by atoms with Crippen LogP contribution in [0.4, 0.5) is 0 Å². The molecule has 0 saturated heterocycles. The summed E-state index contributed by atoms with van der Waals surface area (Å²) in [7, 11) is 0. The summed E-state index contributed by atoms with van der Waals surface area (Å²) in [5.74, 6) is -0.838. The van der Waals surface area contributed by atoms with Gasteiger partial charge in [0.25, 0.3) is 0 Å². The van der Waals surface area contributed by atoms with Crippen molar-refractivity contribution in [1.82, 2.24) is 14.5 Å². The molecular weight excluding hydrogens is 282 g/mol. The molecular formula is C16H17N3O3. The molecule has 1 aliphatic rings.